The lowest BCUT2D eigenvalue weighted by atomic mass is 9.85. The molecule has 1 amide bonds. The Morgan fingerprint density at radius 2 is 2.00 bits per heavy atom. The molecule has 20 heavy (non-hydrogen) atoms. The first-order valence-corrected chi connectivity index (χ1v) is 7.22. The minimum absolute atomic E-state index is 0. The van der Waals surface area contributed by atoms with E-state index in [0.29, 0.717) is 18.9 Å². The Labute approximate surface area is 127 Å². The normalized spacial score (nSPS) is 15.9. The summed E-state index contributed by atoms with van der Waals surface area (Å²) in [5, 5.41) is 0. The van der Waals surface area contributed by atoms with Gasteiger partial charge < -0.3 is 10.6 Å². The highest BCUT2D eigenvalue weighted by atomic mass is 35.5. The van der Waals surface area contributed by atoms with Crippen LogP contribution in [0.25, 0.3) is 0 Å². The average molecular weight is 297 g/mol. The van der Waals surface area contributed by atoms with Crippen LogP contribution < -0.4 is 5.73 Å². The maximum atomic E-state index is 12.3. The maximum Gasteiger partial charge on any atom is 0.224 e. The van der Waals surface area contributed by atoms with Crippen molar-refractivity contribution in [2.75, 3.05) is 6.54 Å². The fourth-order valence-electron chi connectivity index (χ4n) is 2.45. The van der Waals surface area contributed by atoms with Crippen LogP contribution in [0.15, 0.2) is 30.3 Å². The molecule has 0 radical (unpaired) electrons. The third-order valence-corrected chi connectivity index (χ3v) is 3.77. The summed E-state index contributed by atoms with van der Waals surface area (Å²) >= 11 is 0. The first-order valence-electron chi connectivity index (χ1n) is 7.22. The van der Waals surface area contributed by atoms with Crippen molar-refractivity contribution in [2.24, 2.45) is 11.7 Å². The summed E-state index contributed by atoms with van der Waals surface area (Å²) in [4.78, 5) is 14.3. The van der Waals surface area contributed by atoms with Crippen LogP contribution in [0.2, 0.25) is 0 Å². The van der Waals surface area contributed by atoms with Gasteiger partial charge in [-0.3, -0.25) is 4.79 Å². The lowest BCUT2D eigenvalue weighted by Gasteiger charge is -2.33. The van der Waals surface area contributed by atoms with Crippen LogP contribution in [0.4, 0.5) is 0 Å². The van der Waals surface area contributed by atoms with Crippen molar-refractivity contribution in [3.8, 4) is 0 Å². The zero-order valence-corrected chi connectivity index (χ0v) is 12.9. The second kappa shape index (κ2) is 8.28. The Bertz CT molecular complexity index is 404. The van der Waals surface area contributed by atoms with Crippen LogP contribution in [-0.4, -0.2) is 23.4 Å². The minimum atomic E-state index is -0.0628. The summed E-state index contributed by atoms with van der Waals surface area (Å²) in [5.74, 6) is 0.881. The molecule has 1 aromatic carbocycles. The van der Waals surface area contributed by atoms with Gasteiger partial charge in [-0.15, -0.1) is 12.4 Å². The van der Waals surface area contributed by atoms with Crippen molar-refractivity contribution >= 4 is 18.3 Å². The van der Waals surface area contributed by atoms with E-state index >= 15 is 0 Å². The zero-order chi connectivity index (χ0) is 13.7. The van der Waals surface area contributed by atoms with Crippen LogP contribution in [0.5, 0.6) is 0 Å². The number of carbonyl (C=O) groups is 1. The number of nitrogens with two attached hydrogens (primary N) is 1. The van der Waals surface area contributed by atoms with E-state index in [4.69, 9.17) is 5.73 Å². The number of amides is 1. The summed E-state index contributed by atoms with van der Waals surface area (Å²) < 4.78 is 0. The Morgan fingerprint density at radius 3 is 2.50 bits per heavy atom. The van der Waals surface area contributed by atoms with E-state index in [1.165, 1.54) is 24.8 Å². The van der Waals surface area contributed by atoms with Gasteiger partial charge in [-0.1, -0.05) is 36.8 Å². The highest BCUT2D eigenvalue weighted by Crippen LogP contribution is 2.27. The number of halogens is 1. The van der Waals surface area contributed by atoms with Crippen molar-refractivity contribution in [1.29, 1.82) is 0 Å². The Balaban J connectivity index is 0.00000200. The van der Waals surface area contributed by atoms with Gasteiger partial charge in [0, 0.05) is 25.6 Å². The molecule has 1 fully saturated rings. The van der Waals surface area contributed by atoms with E-state index in [1.807, 2.05) is 30.0 Å². The van der Waals surface area contributed by atoms with Gasteiger partial charge in [0.2, 0.25) is 5.91 Å². The number of nitrogens with zero attached hydrogens (tertiary/aromatic N) is 1. The number of rotatable bonds is 6. The van der Waals surface area contributed by atoms with E-state index < -0.39 is 0 Å². The molecular weight excluding hydrogens is 272 g/mol. The molecule has 1 atom stereocenters. The van der Waals surface area contributed by atoms with Crippen molar-refractivity contribution in [2.45, 2.75) is 45.2 Å². The molecule has 1 saturated carbocycles. The number of carbonyl (C=O) groups excluding carboxylic acids is 1. The first-order chi connectivity index (χ1) is 9.15. The Kier molecular flexibility index (Phi) is 7.03. The number of benzene rings is 1. The average Bonchev–Trinajstić information content (AvgIpc) is 2.32. The summed E-state index contributed by atoms with van der Waals surface area (Å²) in [7, 11) is 0. The van der Waals surface area contributed by atoms with Gasteiger partial charge in [0.1, 0.15) is 0 Å². The molecule has 0 aliphatic heterocycles. The number of hydrogen-bond acceptors (Lipinski definition) is 2. The van der Waals surface area contributed by atoms with Gasteiger partial charge in [-0.25, -0.2) is 0 Å². The van der Waals surface area contributed by atoms with Crippen molar-refractivity contribution in [3.05, 3.63) is 35.9 Å². The topological polar surface area (TPSA) is 46.3 Å². The van der Waals surface area contributed by atoms with Crippen LogP contribution in [0.1, 0.15) is 38.2 Å². The standard InChI is InChI=1S/C16H24N2O.ClH/c1-13(17)10-16(19)18(12-15-8-5-9-15)11-14-6-3-2-4-7-14;/h2-4,6-7,13,15H,5,8-12,17H2,1H3;1H. The van der Waals surface area contributed by atoms with Gasteiger partial charge >= 0.3 is 0 Å². The lowest BCUT2D eigenvalue weighted by molar-refractivity contribution is -0.133. The van der Waals surface area contributed by atoms with E-state index in [1.54, 1.807) is 0 Å². The molecular formula is C16H25ClN2O. The molecule has 0 bridgehead atoms. The summed E-state index contributed by atoms with van der Waals surface area (Å²) in [5.41, 5.74) is 6.95. The summed E-state index contributed by atoms with van der Waals surface area (Å²) in [6.07, 6.45) is 4.28. The molecule has 1 aromatic rings. The van der Waals surface area contributed by atoms with Crippen LogP contribution >= 0.6 is 12.4 Å². The smallest absolute Gasteiger partial charge is 0.224 e. The van der Waals surface area contributed by atoms with Crippen LogP contribution in [0, 0.1) is 5.92 Å². The molecule has 0 saturated heterocycles. The van der Waals surface area contributed by atoms with Gasteiger partial charge in [-0.05, 0) is 31.2 Å². The predicted octanol–water partition coefficient (Wildman–Crippen LogP) is 2.97. The van der Waals surface area contributed by atoms with Crippen molar-refractivity contribution < 1.29 is 4.79 Å². The zero-order valence-electron chi connectivity index (χ0n) is 12.1. The largest absolute Gasteiger partial charge is 0.338 e. The number of hydrogen-bond donors (Lipinski definition) is 1. The minimum Gasteiger partial charge on any atom is -0.338 e. The molecule has 0 aromatic heterocycles. The predicted molar refractivity (Wildman–Crippen MR) is 84.7 cm³/mol. The molecule has 0 spiro atoms. The monoisotopic (exact) mass is 296 g/mol. The Morgan fingerprint density at radius 1 is 1.35 bits per heavy atom. The van der Waals surface area contributed by atoms with Gasteiger partial charge in [0.05, 0.1) is 0 Å². The summed E-state index contributed by atoms with van der Waals surface area (Å²) in [6, 6.07) is 10.1. The highest BCUT2D eigenvalue weighted by Gasteiger charge is 2.24. The molecule has 112 valence electrons. The third kappa shape index (κ3) is 5.14. The van der Waals surface area contributed by atoms with Crippen LogP contribution in [-0.2, 0) is 11.3 Å². The van der Waals surface area contributed by atoms with E-state index in [0.717, 1.165) is 6.54 Å². The molecule has 0 heterocycles. The van der Waals surface area contributed by atoms with Gasteiger partial charge in [-0.2, -0.15) is 0 Å². The molecule has 2 rings (SSSR count). The fourth-order valence-corrected chi connectivity index (χ4v) is 2.45. The van der Waals surface area contributed by atoms with Crippen molar-refractivity contribution in [1.82, 2.24) is 4.90 Å². The highest BCUT2D eigenvalue weighted by molar-refractivity contribution is 5.85. The molecule has 1 aliphatic carbocycles. The summed E-state index contributed by atoms with van der Waals surface area (Å²) in [6.45, 7) is 3.49. The molecule has 3 nitrogen and oxygen atoms in total. The lowest BCUT2D eigenvalue weighted by Crippen LogP contribution is -2.39. The first kappa shape index (κ1) is 17.0. The SMILES string of the molecule is CC(N)CC(=O)N(Cc1ccccc1)CC1CCC1.Cl. The molecule has 4 heteroatoms. The second-order valence-corrected chi connectivity index (χ2v) is 5.74. The molecule has 1 aliphatic rings. The second-order valence-electron chi connectivity index (χ2n) is 5.74. The molecule has 2 N–H and O–H groups in total. The van der Waals surface area contributed by atoms with Gasteiger partial charge in [0.25, 0.3) is 0 Å². The van der Waals surface area contributed by atoms with E-state index in [9.17, 15) is 4.79 Å². The van der Waals surface area contributed by atoms with E-state index in [-0.39, 0.29) is 24.4 Å². The quantitative estimate of drug-likeness (QED) is 0.877. The Hall–Kier alpha value is -1.06. The van der Waals surface area contributed by atoms with Gasteiger partial charge in [0.15, 0.2) is 0 Å². The fraction of sp³-hybridized carbons (Fsp3) is 0.562. The van der Waals surface area contributed by atoms with E-state index in [2.05, 4.69) is 12.1 Å². The van der Waals surface area contributed by atoms with Crippen LogP contribution in [0.3, 0.4) is 0 Å². The molecule has 1 unspecified atom stereocenters. The maximum absolute atomic E-state index is 12.3. The third-order valence-electron chi connectivity index (χ3n) is 3.77. The van der Waals surface area contributed by atoms with Crippen molar-refractivity contribution in [3.63, 3.8) is 0 Å².